The van der Waals surface area contributed by atoms with Gasteiger partial charge in [0.15, 0.2) is 0 Å². The fourth-order valence-electron chi connectivity index (χ4n) is 1.58. The molecule has 0 bridgehead atoms. The van der Waals surface area contributed by atoms with E-state index in [4.69, 9.17) is 5.73 Å². The minimum atomic E-state index is -0.0485. The van der Waals surface area contributed by atoms with Crippen LogP contribution in [0.2, 0.25) is 0 Å². The predicted octanol–water partition coefficient (Wildman–Crippen LogP) is -0.634. The van der Waals surface area contributed by atoms with Crippen molar-refractivity contribution in [2.45, 2.75) is 32.2 Å². The maximum atomic E-state index is 11.6. The molecule has 1 aliphatic rings. The zero-order chi connectivity index (χ0) is 11.3. The molecule has 0 aromatic heterocycles. The molecule has 0 saturated carbocycles. The Kier molecular flexibility index (Phi) is 4.55. The molecule has 1 saturated heterocycles. The number of hydrogen-bond acceptors (Lipinski definition) is 3. The maximum absolute atomic E-state index is 11.6. The first kappa shape index (κ1) is 12.0. The summed E-state index contributed by atoms with van der Waals surface area (Å²) in [5.74, 6) is 0.0460. The fourth-order valence-corrected chi connectivity index (χ4v) is 1.58. The van der Waals surface area contributed by atoms with E-state index in [0.717, 1.165) is 6.42 Å². The van der Waals surface area contributed by atoms with Crippen molar-refractivity contribution in [3.63, 3.8) is 0 Å². The normalized spacial score (nSPS) is 23.1. The van der Waals surface area contributed by atoms with Crippen molar-refractivity contribution in [3.8, 4) is 0 Å². The Morgan fingerprint density at radius 3 is 3.00 bits per heavy atom. The SMILES string of the molecule is CC(CCN)C(=O)NC1CCC(=O)NC1. The molecule has 1 heterocycles. The monoisotopic (exact) mass is 213 g/mol. The Labute approximate surface area is 89.8 Å². The van der Waals surface area contributed by atoms with Crippen LogP contribution in [0, 0.1) is 5.92 Å². The van der Waals surface area contributed by atoms with Crippen LogP contribution in [0.3, 0.4) is 0 Å². The lowest BCUT2D eigenvalue weighted by atomic mass is 10.0. The van der Waals surface area contributed by atoms with Crippen LogP contribution < -0.4 is 16.4 Å². The second kappa shape index (κ2) is 5.70. The highest BCUT2D eigenvalue weighted by atomic mass is 16.2. The summed E-state index contributed by atoms with van der Waals surface area (Å²) in [5, 5.41) is 5.64. The van der Waals surface area contributed by atoms with Gasteiger partial charge in [-0.3, -0.25) is 9.59 Å². The van der Waals surface area contributed by atoms with E-state index in [9.17, 15) is 9.59 Å². The van der Waals surface area contributed by atoms with Gasteiger partial charge in [-0.15, -0.1) is 0 Å². The average molecular weight is 213 g/mol. The summed E-state index contributed by atoms with van der Waals surface area (Å²) in [7, 11) is 0. The lowest BCUT2D eigenvalue weighted by Crippen LogP contribution is -2.49. The second-order valence-electron chi connectivity index (χ2n) is 4.03. The Bertz CT molecular complexity index is 233. The smallest absolute Gasteiger partial charge is 0.223 e. The summed E-state index contributed by atoms with van der Waals surface area (Å²) in [6, 6.07) is 0.0791. The molecule has 86 valence electrons. The molecule has 1 rings (SSSR count). The summed E-state index contributed by atoms with van der Waals surface area (Å²) < 4.78 is 0. The highest BCUT2D eigenvalue weighted by Gasteiger charge is 2.21. The minimum absolute atomic E-state index is 0.0293. The van der Waals surface area contributed by atoms with E-state index in [2.05, 4.69) is 10.6 Å². The number of carbonyl (C=O) groups excluding carboxylic acids is 2. The molecular weight excluding hydrogens is 194 g/mol. The van der Waals surface area contributed by atoms with Crippen LogP contribution in [0.15, 0.2) is 0 Å². The summed E-state index contributed by atoms with van der Waals surface area (Å²) in [4.78, 5) is 22.5. The topological polar surface area (TPSA) is 84.2 Å². The van der Waals surface area contributed by atoms with Crippen LogP contribution in [-0.2, 0) is 9.59 Å². The largest absolute Gasteiger partial charge is 0.354 e. The number of nitrogens with one attached hydrogen (secondary N) is 2. The molecule has 15 heavy (non-hydrogen) atoms. The third-order valence-electron chi connectivity index (χ3n) is 2.66. The van der Waals surface area contributed by atoms with E-state index in [1.807, 2.05) is 6.92 Å². The fraction of sp³-hybridized carbons (Fsp3) is 0.800. The van der Waals surface area contributed by atoms with Gasteiger partial charge in [0.05, 0.1) is 0 Å². The molecule has 0 aliphatic carbocycles. The summed E-state index contributed by atoms with van der Waals surface area (Å²) in [6.45, 7) is 2.93. The molecule has 2 atom stereocenters. The molecule has 0 radical (unpaired) electrons. The first-order valence-corrected chi connectivity index (χ1v) is 5.40. The molecule has 5 nitrogen and oxygen atoms in total. The summed E-state index contributed by atoms with van der Waals surface area (Å²) in [6.07, 6.45) is 1.92. The van der Waals surface area contributed by atoms with Crippen molar-refractivity contribution in [2.75, 3.05) is 13.1 Å². The molecule has 2 unspecified atom stereocenters. The van der Waals surface area contributed by atoms with E-state index in [0.29, 0.717) is 25.9 Å². The first-order valence-electron chi connectivity index (χ1n) is 5.40. The van der Waals surface area contributed by atoms with Crippen LogP contribution in [0.1, 0.15) is 26.2 Å². The summed E-state index contributed by atoms with van der Waals surface area (Å²) >= 11 is 0. The van der Waals surface area contributed by atoms with E-state index in [1.165, 1.54) is 0 Å². The molecular formula is C10H19N3O2. The van der Waals surface area contributed by atoms with Gasteiger partial charge in [0.2, 0.25) is 11.8 Å². The van der Waals surface area contributed by atoms with Gasteiger partial charge < -0.3 is 16.4 Å². The van der Waals surface area contributed by atoms with Crippen molar-refractivity contribution in [2.24, 2.45) is 11.7 Å². The summed E-state index contributed by atoms with van der Waals surface area (Å²) in [5.41, 5.74) is 5.38. The van der Waals surface area contributed by atoms with Crippen LogP contribution in [-0.4, -0.2) is 30.9 Å². The average Bonchev–Trinajstić information content (AvgIpc) is 2.22. The van der Waals surface area contributed by atoms with Gasteiger partial charge in [-0.25, -0.2) is 0 Å². The van der Waals surface area contributed by atoms with Crippen LogP contribution >= 0.6 is 0 Å². The number of carbonyl (C=O) groups is 2. The molecule has 2 amide bonds. The van der Waals surface area contributed by atoms with E-state index in [-0.39, 0.29) is 23.8 Å². The molecule has 4 N–H and O–H groups in total. The van der Waals surface area contributed by atoms with E-state index in [1.54, 1.807) is 0 Å². The van der Waals surface area contributed by atoms with Gasteiger partial charge in [-0.2, -0.15) is 0 Å². The number of amides is 2. The van der Waals surface area contributed by atoms with Gasteiger partial charge >= 0.3 is 0 Å². The standard InChI is InChI=1S/C10H19N3O2/c1-7(4-5-11)10(15)13-8-2-3-9(14)12-6-8/h7-8H,2-6,11H2,1H3,(H,12,14)(H,13,15). The molecule has 0 spiro atoms. The number of hydrogen-bond donors (Lipinski definition) is 3. The van der Waals surface area contributed by atoms with Crippen molar-refractivity contribution in [1.29, 1.82) is 0 Å². The third-order valence-corrected chi connectivity index (χ3v) is 2.66. The zero-order valence-electron chi connectivity index (χ0n) is 9.08. The molecule has 0 aromatic carbocycles. The molecule has 1 fully saturated rings. The number of piperidine rings is 1. The van der Waals surface area contributed by atoms with Crippen LogP contribution in [0.4, 0.5) is 0 Å². The Morgan fingerprint density at radius 1 is 1.73 bits per heavy atom. The lowest BCUT2D eigenvalue weighted by Gasteiger charge is -2.24. The second-order valence-corrected chi connectivity index (χ2v) is 4.03. The third kappa shape index (κ3) is 3.87. The Hall–Kier alpha value is -1.10. The quantitative estimate of drug-likeness (QED) is 0.581. The van der Waals surface area contributed by atoms with E-state index >= 15 is 0 Å². The van der Waals surface area contributed by atoms with Gasteiger partial charge in [0, 0.05) is 24.9 Å². The van der Waals surface area contributed by atoms with Gasteiger partial charge in [-0.1, -0.05) is 6.92 Å². The number of rotatable bonds is 4. The first-order chi connectivity index (χ1) is 7.13. The van der Waals surface area contributed by atoms with Crippen LogP contribution in [0.5, 0.6) is 0 Å². The lowest BCUT2D eigenvalue weighted by molar-refractivity contribution is -0.127. The van der Waals surface area contributed by atoms with Crippen molar-refractivity contribution in [3.05, 3.63) is 0 Å². The molecule has 1 aliphatic heterocycles. The molecule has 0 aromatic rings. The van der Waals surface area contributed by atoms with Gasteiger partial charge in [0.25, 0.3) is 0 Å². The maximum Gasteiger partial charge on any atom is 0.223 e. The van der Waals surface area contributed by atoms with Crippen LogP contribution in [0.25, 0.3) is 0 Å². The zero-order valence-corrected chi connectivity index (χ0v) is 9.08. The highest BCUT2D eigenvalue weighted by molar-refractivity contribution is 5.80. The van der Waals surface area contributed by atoms with Crippen molar-refractivity contribution in [1.82, 2.24) is 10.6 Å². The van der Waals surface area contributed by atoms with Gasteiger partial charge in [-0.05, 0) is 19.4 Å². The van der Waals surface area contributed by atoms with Crippen molar-refractivity contribution >= 4 is 11.8 Å². The molecule has 5 heteroatoms. The number of nitrogens with two attached hydrogens (primary N) is 1. The Morgan fingerprint density at radius 2 is 2.47 bits per heavy atom. The predicted molar refractivity (Wildman–Crippen MR) is 57.0 cm³/mol. The van der Waals surface area contributed by atoms with Gasteiger partial charge in [0.1, 0.15) is 0 Å². The van der Waals surface area contributed by atoms with Crippen molar-refractivity contribution < 1.29 is 9.59 Å². The minimum Gasteiger partial charge on any atom is -0.354 e. The highest BCUT2D eigenvalue weighted by Crippen LogP contribution is 2.05. The Balaban J connectivity index is 2.28. The van der Waals surface area contributed by atoms with E-state index < -0.39 is 0 Å².